The average Bonchev–Trinajstić information content (AvgIpc) is 3.07. The molecule has 6 heteroatoms. The van der Waals surface area contributed by atoms with Gasteiger partial charge in [-0.1, -0.05) is 6.07 Å². The maximum absolute atomic E-state index is 12.4. The molecule has 1 N–H and O–H groups in total. The minimum Gasteiger partial charge on any atom is -0.497 e. The highest BCUT2D eigenvalue weighted by Gasteiger charge is 2.40. The third-order valence-electron chi connectivity index (χ3n) is 3.10. The number of amides is 3. The number of rotatable bonds is 3. The smallest absolute Gasteiger partial charge is 0.329 e. The molecule has 1 atom stereocenters. The van der Waals surface area contributed by atoms with Crippen LogP contribution in [0, 0.1) is 0 Å². The van der Waals surface area contributed by atoms with Crippen LogP contribution in [-0.2, 0) is 4.79 Å². The summed E-state index contributed by atoms with van der Waals surface area (Å²) in [5.41, 5.74) is 0.535. The quantitative estimate of drug-likeness (QED) is 0.883. The van der Waals surface area contributed by atoms with E-state index in [-0.39, 0.29) is 5.91 Å². The first kappa shape index (κ1) is 12.7. The first-order valence-corrected chi connectivity index (χ1v) is 6.90. The van der Waals surface area contributed by atoms with Crippen LogP contribution in [0.5, 0.6) is 5.75 Å². The van der Waals surface area contributed by atoms with Crippen molar-refractivity contribution in [2.24, 2.45) is 0 Å². The number of nitrogens with zero attached hydrogens (tertiary/aromatic N) is 1. The molecule has 0 aliphatic carbocycles. The van der Waals surface area contributed by atoms with Crippen LogP contribution in [0.25, 0.3) is 0 Å². The van der Waals surface area contributed by atoms with Crippen molar-refractivity contribution in [3.63, 3.8) is 0 Å². The second-order valence-corrected chi connectivity index (χ2v) is 5.25. The van der Waals surface area contributed by atoms with E-state index in [9.17, 15) is 9.59 Å². The Bertz CT molecular complexity index is 637. The van der Waals surface area contributed by atoms with Crippen molar-refractivity contribution in [1.82, 2.24) is 5.32 Å². The lowest BCUT2D eigenvalue weighted by Gasteiger charge is -2.13. The van der Waals surface area contributed by atoms with E-state index < -0.39 is 12.1 Å². The monoisotopic (exact) mass is 288 g/mol. The van der Waals surface area contributed by atoms with Gasteiger partial charge in [0.25, 0.3) is 5.91 Å². The molecule has 3 amide bonds. The molecule has 102 valence electrons. The number of imide groups is 1. The molecule has 1 aromatic heterocycles. The molecule has 1 saturated heterocycles. The highest BCUT2D eigenvalue weighted by atomic mass is 32.1. The van der Waals surface area contributed by atoms with Crippen molar-refractivity contribution in [2.75, 3.05) is 12.0 Å². The van der Waals surface area contributed by atoms with E-state index in [2.05, 4.69) is 5.32 Å². The largest absolute Gasteiger partial charge is 0.497 e. The van der Waals surface area contributed by atoms with Crippen LogP contribution in [-0.4, -0.2) is 19.0 Å². The number of methoxy groups -OCH3 is 1. The predicted molar refractivity (Wildman–Crippen MR) is 76.1 cm³/mol. The molecule has 0 radical (unpaired) electrons. The van der Waals surface area contributed by atoms with E-state index >= 15 is 0 Å². The van der Waals surface area contributed by atoms with Crippen molar-refractivity contribution in [1.29, 1.82) is 0 Å². The summed E-state index contributed by atoms with van der Waals surface area (Å²) in [5.74, 6) is 0.415. The topological polar surface area (TPSA) is 58.6 Å². The van der Waals surface area contributed by atoms with E-state index in [4.69, 9.17) is 4.74 Å². The van der Waals surface area contributed by atoms with E-state index in [0.717, 1.165) is 9.78 Å². The summed E-state index contributed by atoms with van der Waals surface area (Å²) >= 11 is 1.45. The van der Waals surface area contributed by atoms with E-state index in [1.54, 1.807) is 31.4 Å². The standard InChI is InChI=1S/C14H12N2O3S/c1-19-10-6-4-9(5-7-10)16-13(17)12(15-14(16)18)11-3-2-8-20-11/h2-8,12H,1H3,(H,15,18). The molecule has 2 aromatic rings. The van der Waals surface area contributed by atoms with Crippen LogP contribution >= 0.6 is 11.3 Å². The number of carbonyl (C=O) groups excluding carboxylic acids is 2. The van der Waals surface area contributed by atoms with E-state index in [0.29, 0.717) is 11.4 Å². The number of hydrogen-bond acceptors (Lipinski definition) is 4. The van der Waals surface area contributed by atoms with Crippen LogP contribution < -0.4 is 15.0 Å². The normalized spacial score (nSPS) is 18.2. The minimum atomic E-state index is -0.593. The zero-order valence-corrected chi connectivity index (χ0v) is 11.5. The third kappa shape index (κ3) is 2.04. The molecular weight excluding hydrogens is 276 g/mol. The molecule has 0 saturated carbocycles. The molecule has 1 fully saturated rings. The lowest BCUT2D eigenvalue weighted by Crippen LogP contribution is -2.30. The molecule has 0 spiro atoms. The summed E-state index contributed by atoms with van der Waals surface area (Å²) in [6.45, 7) is 0. The fourth-order valence-electron chi connectivity index (χ4n) is 2.10. The molecule has 5 nitrogen and oxygen atoms in total. The van der Waals surface area contributed by atoms with Crippen LogP contribution in [0.4, 0.5) is 10.5 Å². The molecule has 1 aliphatic rings. The SMILES string of the molecule is COc1ccc(N2C(=O)NC(c3cccs3)C2=O)cc1. The summed E-state index contributed by atoms with van der Waals surface area (Å²) in [6, 6.07) is 9.51. The average molecular weight is 288 g/mol. The van der Waals surface area contributed by atoms with Gasteiger partial charge in [-0.2, -0.15) is 0 Å². The number of benzene rings is 1. The number of nitrogens with one attached hydrogen (secondary N) is 1. The Kier molecular flexibility index (Phi) is 3.15. The molecular formula is C14H12N2O3S. The summed E-state index contributed by atoms with van der Waals surface area (Å²) in [4.78, 5) is 26.4. The molecule has 20 heavy (non-hydrogen) atoms. The first-order valence-electron chi connectivity index (χ1n) is 6.02. The van der Waals surface area contributed by atoms with Gasteiger partial charge in [-0.05, 0) is 35.7 Å². The highest BCUT2D eigenvalue weighted by molar-refractivity contribution is 7.10. The van der Waals surface area contributed by atoms with Crippen molar-refractivity contribution in [3.8, 4) is 5.75 Å². The van der Waals surface area contributed by atoms with Gasteiger partial charge >= 0.3 is 6.03 Å². The van der Waals surface area contributed by atoms with Gasteiger partial charge in [0.05, 0.1) is 12.8 Å². The van der Waals surface area contributed by atoms with Gasteiger partial charge in [0.2, 0.25) is 0 Å². The van der Waals surface area contributed by atoms with Gasteiger partial charge in [-0.25, -0.2) is 9.69 Å². The van der Waals surface area contributed by atoms with Crippen molar-refractivity contribution < 1.29 is 14.3 Å². The Balaban J connectivity index is 1.90. The molecule has 1 aromatic carbocycles. The summed E-state index contributed by atoms with van der Waals surface area (Å²) in [5, 5.41) is 4.58. The van der Waals surface area contributed by atoms with Crippen LogP contribution in [0.15, 0.2) is 41.8 Å². The van der Waals surface area contributed by atoms with Gasteiger partial charge in [0.1, 0.15) is 11.8 Å². The maximum Gasteiger partial charge on any atom is 0.329 e. The van der Waals surface area contributed by atoms with Gasteiger partial charge in [-0.3, -0.25) is 4.79 Å². The third-order valence-corrected chi connectivity index (χ3v) is 4.03. The Morgan fingerprint density at radius 3 is 2.55 bits per heavy atom. The van der Waals surface area contributed by atoms with Crippen molar-refractivity contribution in [3.05, 3.63) is 46.7 Å². The maximum atomic E-state index is 12.4. The van der Waals surface area contributed by atoms with Crippen LogP contribution in [0.2, 0.25) is 0 Å². The first-order chi connectivity index (χ1) is 9.70. The molecule has 3 rings (SSSR count). The zero-order chi connectivity index (χ0) is 14.1. The molecule has 1 unspecified atom stereocenters. The zero-order valence-electron chi connectivity index (χ0n) is 10.7. The van der Waals surface area contributed by atoms with Gasteiger partial charge in [0.15, 0.2) is 0 Å². The Hall–Kier alpha value is -2.34. The summed E-state index contributed by atoms with van der Waals surface area (Å²) in [7, 11) is 1.57. The predicted octanol–water partition coefficient (Wildman–Crippen LogP) is 2.55. The second kappa shape index (κ2) is 4.97. The number of carbonyl (C=O) groups is 2. The van der Waals surface area contributed by atoms with E-state index in [1.165, 1.54) is 11.3 Å². The number of urea groups is 1. The van der Waals surface area contributed by atoms with Gasteiger partial charge in [0, 0.05) is 4.88 Å². The lowest BCUT2D eigenvalue weighted by atomic mass is 10.2. The number of hydrogen-bond donors (Lipinski definition) is 1. The molecule has 0 bridgehead atoms. The minimum absolute atomic E-state index is 0.261. The highest BCUT2D eigenvalue weighted by Crippen LogP contribution is 2.30. The number of ether oxygens (including phenoxy) is 1. The Morgan fingerprint density at radius 1 is 1.20 bits per heavy atom. The summed E-state index contributed by atoms with van der Waals surface area (Å²) in [6.07, 6.45) is 0. The van der Waals surface area contributed by atoms with Crippen LogP contribution in [0.3, 0.4) is 0 Å². The molecule has 1 aliphatic heterocycles. The summed E-state index contributed by atoms with van der Waals surface area (Å²) < 4.78 is 5.06. The number of thiophene rings is 1. The Morgan fingerprint density at radius 2 is 1.95 bits per heavy atom. The van der Waals surface area contributed by atoms with E-state index in [1.807, 2.05) is 17.5 Å². The molecule has 2 heterocycles. The Labute approximate surface area is 119 Å². The number of anilines is 1. The lowest BCUT2D eigenvalue weighted by molar-refractivity contribution is -0.118. The fourth-order valence-corrected chi connectivity index (χ4v) is 2.87. The van der Waals surface area contributed by atoms with Crippen molar-refractivity contribution in [2.45, 2.75) is 6.04 Å². The fraction of sp³-hybridized carbons (Fsp3) is 0.143. The van der Waals surface area contributed by atoms with Crippen molar-refractivity contribution >= 4 is 29.0 Å². The van der Waals surface area contributed by atoms with Gasteiger partial charge in [-0.15, -0.1) is 11.3 Å². The second-order valence-electron chi connectivity index (χ2n) is 4.27. The van der Waals surface area contributed by atoms with Gasteiger partial charge < -0.3 is 10.1 Å². The van der Waals surface area contributed by atoms with Crippen LogP contribution in [0.1, 0.15) is 10.9 Å².